The highest BCUT2D eigenvalue weighted by Gasteiger charge is 2.50. The Kier molecular flexibility index (Phi) is 7.70. The average molecular weight is 415 g/mol. The molecule has 5 atom stereocenters. The number of carbonyl (C=O) groups is 1. The molecule has 0 aromatic heterocycles. The smallest absolute Gasteiger partial charge is 0.138 e. The summed E-state index contributed by atoms with van der Waals surface area (Å²) < 4.78 is 0. The fourth-order valence-corrected chi connectivity index (χ4v) is 6.82. The molecule has 0 radical (unpaired) electrons. The minimum Gasteiger partial charge on any atom is -0.393 e. The molecule has 0 heterocycles. The quantitative estimate of drug-likeness (QED) is 0.491. The summed E-state index contributed by atoms with van der Waals surface area (Å²) in [7, 11) is 0. The lowest BCUT2D eigenvalue weighted by Gasteiger charge is -2.44. The van der Waals surface area contributed by atoms with Crippen molar-refractivity contribution in [1.29, 1.82) is 0 Å². The van der Waals surface area contributed by atoms with E-state index in [4.69, 9.17) is 0 Å². The molecule has 0 aromatic carbocycles. The zero-order valence-electron chi connectivity index (χ0n) is 20.3. The Balaban J connectivity index is 1.62. The van der Waals surface area contributed by atoms with E-state index in [1.165, 1.54) is 44.1 Å². The number of rotatable bonds is 6. The summed E-state index contributed by atoms with van der Waals surface area (Å²) in [5.74, 6) is 2.65. The lowest BCUT2D eigenvalue weighted by Crippen LogP contribution is -2.36. The molecular formula is C28H46O2. The van der Waals surface area contributed by atoms with Crippen LogP contribution in [0.4, 0.5) is 0 Å². The first-order chi connectivity index (χ1) is 14.1. The molecule has 170 valence electrons. The molecule has 3 saturated carbocycles. The largest absolute Gasteiger partial charge is 0.393 e. The standard InChI is InChI=1S/C28H46O2/c1-20(9-6-13-26(30)27(2,3)4)24-16-17-25-22(11-8-18-28(24,25)5)15-14-21-10-7-12-23(29)19-21/h14-15,20,23-25,29H,6-13,16-19H2,1-5H3/b21-14-,22-15+/t20-,23?,24-,25+,28?/m1/s1. The van der Waals surface area contributed by atoms with E-state index in [1.54, 1.807) is 5.57 Å². The van der Waals surface area contributed by atoms with E-state index >= 15 is 0 Å². The molecule has 30 heavy (non-hydrogen) atoms. The van der Waals surface area contributed by atoms with Gasteiger partial charge in [-0.2, -0.15) is 0 Å². The van der Waals surface area contributed by atoms with Gasteiger partial charge in [-0.1, -0.05) is 64.3 Å². The van der Waals surface area contributed by atoms with Crippen LogP contribution in [0.15, 0.2) is 23.3 Å². The Bertz CT molecular complexity index is 665. The van der Waals surface area contributed by atoms with E-state index in [-0.39, 0.29) is 11.5 Å². The van der Waals surface area contributed by atoms with Crippen molar-refractivity contribution in [2.45, 2.75) is 118 Å². The topological polar surface area (TPSA) is 37.3 Å². The number of Topliss-reactive ketones (excluding diaryl/α,β-unsaturated/α-hetero) is 1. The molecule has 2 heteroatoms. The second kappa shape index (κ2) is 9.72. The maximum Gasteiger partial charge on any atom is 0.138 e. The van der Waals surface area contributed by atoms with Gasteiger partial charge in [-0.15, -0.1) is 0 Å². The fraction of sp³-hybridized carbons (Fsp3) is 0.821. The van der Waals surface area contributed by atoms with Gasteiger partial charge in [0.2, 0.25) is 0 Å². The molecule has 0 bridgehead atoms. The Morgan fingerprint density at radius 1 is 1.17 bits per heavy atom. The van der Waals surface area contributed by atoms with Gasteiger partial charge in [-0.3, -0.25) is 4.79 Å². The Morgan fingerprint density at radius 3 is 2.63 bits per heavy atom. The normalized spacial score (nSPS) is 36.1. The molecule has 0 spiro atoms. The minimum absolute atomic E-state index is 0.123. The van der Waals surface area contributed by atoms with Crippen LogP contribution in [0.2, 0.25) is 0 Å². The van der Waals surface area contributed by atoms with Crippen molar-refractivity contribution in [3.63, 3.8) is 0 Å². The predicted octanol–water partition coefficient (Wildman–Crippen LogP) is 7.41. The summed E-state index contributed by atoms with van der Waals surface area (Å²) in [6.07, 6.45) is 18.4. The summed E-state index contributed by atoms with van der Waals surface area (Å²) in [6, 6.07) is 0. The number of carbonyl (C=O) groups excluding carboxylic acids is 1. The third kappa shape index (κ3) is 5.47. The van der Waals surface area contributed by atoms with Crippen LogP contribution in [0.5, 0.6) is 0 Å². The number of ketones is 1. The molecule has 0 aromatic rings. The van der Waals surface area contributed by atoms with Crippen LogP contribution in [-0.4, -0.2) is 17.0 Å². The van der Waals surface area contributed by atoms with Gasteiger partial charge >= 0.3 is 0 Å². The van der Waals surface area contributed by atoms with Crippen LogP contribution in [0.3, 0.4) is 0 Å². The monoisotopic (exact) mass is 414 g/mol. The Morgan fingerprint density at radius 2 is 1.93 bits per heavy atom. The van der Waals surface area contributed by atoms with Gasteiger partial charge in [0.25, 0.3) is 0 Å². The van der Waals surface area contributed by atoms with Crippen molar-refractivity contribution in [3.8, 4) is 0 Å². The maximum absolute atomic E-state index is 12.3. The third-order valence-corrected chi connectivity index (χ3v) is 8.69. The number of fused-ring (bicyclic) bond motifs is 1. The van der Waals surface area contributed by atoms with Crippen molar-refractivity contribution in [1.82, 2.24) is 0 Å². The number of aliphatic hydroxyl groups is 1. The van der Waals surface area contributed by atoms with Crippen molar-refractivity contribution >= 4 is 5.78 Å². The second-order valence-electron chi connectivity index (χ2n) is 12.0. The highest BCUT2D eigenvalue weighted by molar-refractivity contribution is 5.83. The number of allylic oxidation sites excluding steroid dienone is 3. The first-order valence-corrected chi connectivity index (χ1v) is 12.7. The van der Waals surface area contributed by atoms with E-state index in [0.717, 1.165) is 50.4 Å². The van der Waals surface area contributed by atoms with Crippen molar-refractivity contribution in [3.05, 3.63) is 23.3 Å². The number of aliphatic hydroxyl groups excluding tert-OH is 1. The van der Waals surface area contributed by atoms with Crippen LogP contribution in [-0.2, 0) is 4.79 Å². The SMILES string of the molecule is C[C@H](CCCC(=O)C(C)(C)C)[C@H]1CC[C@H]2/C(=C/C=C3/CCCC(O)C3)CCCC12C. The summed E-state index contributed by atoms with van der Waals surface area (Å²) in [6.45, 7) is 11.1. The summed E-state index contributed by atoms with van der Waals surface area (Å²) in [5, 5.41) is 9.97. The van der Waals surface area contributed by atoms with Gasteiger partial charge in [0, 0.05) is 11.8 Å². The van der Waals surface area contributed by atoms with E-state index in [0.29, 0.717) is 17.1 Å². The van der Waals surface area contributed by atoms with Gasteiger partial charge < -0.3 is 5.11 Å². The molecule has 1 N–H and O–H groups in total. The minimum atomic E-state index is -0.195. The van der Waals surface area contributed by atoms with Crippen LogP contribution in [0, 0.1) is 28.6 Å². The van der Waals surface area contributed by atoms with E-state index in [1.807, 2.05) is 20.8 Å². The molecule has 3 aliphatic carbocycles. The first kappa shape index (κ1) is 23.8. The van der Waals surface area contributed by atoms with Crippen molar-refractivity contribution in [2.24, 2.45) is 28.6 Å². The maximum atomic E-state index is 12.3. The average Bonchev–Trinajstić information content (AvgIpc) is 3.03. The lowest BCUT2D eigenvalue weighted by molar-refractivity contribution is -0.126. The first-order valence-electron chi connectivity index (χ1n) is 12.7. The number of hydrogen-bond acceptors (Lipinski definition) is 2. The molecule has 3 fully saturated rings. The summed E-state index contributed by atoms with van der Waals surface area (Å²) in [5.41, 5.74) is 3.36. The predicted molar refractivity (Wildman–Crippen MR) is 126 cm³/mol. The van der Waals surface area contributed by atoms with E-state index in [2.05, 4.69) is 26.0 Å². The Labute approximate surface area is 185 Å². The molecule has 0 saturated heterocycles. The molecular weight excluding hydrogens is 368 g/mol. The molecule has 3 rings (SSSR count). The van der Waals surface area contributed by atoms with Gasteiger partial charge in [0.05, 0.1) is 6.10 Å². The lowest BCUT2D eigenvalue weighted by atomic mass is 9.60. The zero-order chi connectivity index (χ0) is 21.9. The van der Waals surface area contributed by atoms with E-state index < -0.39 is 0 Å². The van der Waals surface area contributed by atoms with Crippen molar-refractivity contribution < 1.29 is 9.90 Å². The highest BCUT2D eigenvalue weighted by atomic mass is 16.3. The molecule has 0 aliphatic heterocycles. The molecule has 3 aliphatic rings. The summed E-state index contributed by atoms with van der Waals surface area (Å²) >= 11 is 0. The highest BCUT2D eigenvalue weighted by Crippen LogP contribution is 2.59. The van der Waals surface area contributed by atoms with Gasteiger partial charge in [0.15, 0.2) is 0 Å². The molecule has 2 unspecified atom stereocenters. The number of hydrogen-bond donors (Lipinski definition) is 1. The van der Waals surface area contributed by atoms with Gasteiger partial charge in [0.1, 0.15) is 5.78 Å². The van der Waals surface area contributed by atoms with Crippen molar-refractivity contribution in [2.75, 3.05) is 0 Å². The van der Waals surface area contributed by atoms with Crippen LogP contribution in [0.1, 0.15) is 112 Å². The molecule has 0 amide bonds. The zero-order valence-corrected chi connectivity index (χ0v) is 20.3. The van der Waals surface area contributed by atoms with Crippen LogP contribution in [0.25, 0.3) is 0 Å². The van der Waals surface area contributed by atoms with Crippen LogP contribution < -0.4 is 0 Å². The fourth-order valence-electron chi connectivity index (χ4n) is 6.82. The third-order valence-electron chi connectivity index (χ3n) is 8.69. The van der Waals surface area contributed by atoms with Gasteiger partial charge in [-0.25, -0.2) is 0 Å². The van der Waals surface area contributed by atoms with Gasteiger partial charge in [-0.05, 0) is 87.4 Å². The second-order valence-corrected chi connectivity index (χ2v) is 12.0. The Hall–Kier alpha value is -0.890. The summed E-state index contributed by atoms with van der Waals surface area (Å²) in [4.78, 5) is 12.3. The molecule has 2 nitrogen and oxygen atoms in total. The van der Waals surface area contributed by atoms with Crippen LogP contribution >= 0.6 is 0 Å². The van der Waals surface area contributed by atoms with E-state index in [9.17, 15) is 9.90 Å².